The van der Waals surface area contributed by atoms with Crippen molar-refractivity contribution in [1.29, 1.82) is 0 Å². The number of carbonyl (C=O) groups excluding carboxylic acids is 3. The first-order chi connectivity index (χ1) is 16.7. The molecule has 35 heavy (non-hydrogen) atoms. The van der Waals surface area contributed by atoms with E-state index in [0.717, 1.165) is 19.3 Å². The predicted molar refractivity (Wildman–Crippen MR) is 141 cm³/mol. The molecule has 1 fully saturated rings. The van der Waals surface area contributed by atoms with Crippen LogP contribution >= 0.6 is 0 Å². The molecule has 2 aromatic rings. The molecule has 2 aliphatic carbocycles. The Kier molecular flexibility index (Phi) is 8.63. The molecule has 0 bridgehead atoms. The van der Waals surface area contributed by atoms with Gasteiger partial charge in [0.25, 0.3) is 5.91 Å². The minimum atomic E-state index is -0.723. The summed E-state index contributed by atoms with van der Waals surface area (Å²) in [6.07, 6.45) is 4.45. The van der Waals surface area contributed by atoms with Crippen LogP contribution in [0.5, 0.6) is 0 Å². The quantitative estimate of drug-likeness (QED) is 0.518. The van der Waals surface area contributed by atoms with Crippen molar-refractivity contribution in [2.24, 2.45) is 0 Å². The molecule has 3 aliphatic rings. The lowest BCUT2D eigenvalue weighted by molar-refractivity contribution is -0.124. The van der Waals surface area contributed by atoms with Crippen molar-refractivity contribution in [3.63, 3.8) is 0 Å². The third-order valence-corrected chi connectivity index (χ3v) is 7.21. The summed E-state index contributed by atoms with van der Waals surface area (Å²) in [6.45, 7) is 8.80. The monoisotopic (exact) mass is 468 g/mol. The number of carbonyl (C=O) groups is 3. The molecule has 1 atom stereocenters. The molecule has 0 aromatic heterocycles. The van der Waals surface area contributed by atoms with E-state index in [1.54, 1.807) is 0 Å². The second kappa shape index (κ2) is 11.3. The number of hydrogen-bond donors (Lipinski definition) is 2. The topological polar surface area (TPSA) is 75.3 Å². The predicted octanol–water partition coefficient (Wildman–Crippen LogP) is 3.98. The minimum absolute atomic E-state index is 0.182. The Hall–Kier alpha value is -2.82. The summed E-state index contributed by atoms with van der Waals surface area (Å²) in [6, 6.07) is 12.3. The van der Waals surface area contributed by atoms with E-state index in [2.05, 4.69) is 84.1 Å². The van der Waals surface area contributed by atoms with Gasteiger partial charge in [0, 0.05) is 34.7 Å². The first kappa shape index (κ1) is 26.8. The number of nitrogens with one attached hydrogen (secondary N) is 2. The van der Waals surface area contributed by atoms with Crippen molar-refractivity contribution in [3.8, 4) is 0 Å². The average Bonchev–Trinajstić information content (AvgIpc) is 3.11. The Morgan fingerprint density at radius 3 is 1.91 bits per heavy atom. The number of hydrogen-bond acceptors (Lipinski definition) is 3. The summed E-state index contributed by atoms with van der Waals surface area (Å²) < 4.78 is 0. The highest BCUT2D eigenvalue weighted by molar-refractivity contribution is 6.75. The van der Waals surface area contributed by atoms with Crippen molar-refractivity contribution >= 4 is 33.2 Å². The Bertz CT molecular complexity index is 1110. The van der Waals surface area contributed by atoms with E-state index in [0.29, 0.717) is 36.9 Å². The molecule has 4 radical (unpaired) electrons. The van der Waals surface area contributed by atoms with Crippen molar-refractivity contribution in [2.45, 2.75) is 83.6 Å². The Labute approximate surface area is 211 Å². The smallest absolute Gasteiger partial charge is 0.322 e. The fraction of sp³-hybridized carbons (Fsp3) is 0.464. The number of fused-ring (bicyclic) bond motifs is 2. The molecule has 1 spiro atoms. The fourth-order valence-electron chi connectivity index (χ4n) is 5.48. The van der Waals surface area contributed by atoms with Gasteiger partial charge in [-0.2, -0.15) is 0 Å². The third kappa shape index (κ3) is 5.71. The van der Waals surface area contributed by atoms with Crippen LogP contribution in [0.2, 0.25) is 0 Å². The highest BCUT2D eigenvalue weighted by Gasteiger charge is 2.48. The van der Waals surface area contributed by atoms with E-state index in [9.17, 15) is 14.4 Å². The summed E-state index contributed by atoms with van der Waals surface area (Å²) in [7, 11) is 8.00. The molecule has 3 amide bonds. The molecule has 180 valence electrons. The fourth-order valence-corrected chi connectivity index (χ4v) is 5.48. The van der Waals surface area contributed by atoms with E-state index < -0.39 is 5.54 Å². The zero-order valence-electron chi connectivity index (χ0n) is 21.2. The van der Waals surface area contributed by atoms with Gasteiger partial charge >= 0.3 is 6.03 Å². The van der Waals surface area contributed by atoms with Gasteiger partial charge in [0.05, 0.1) is 0 Å². The van der Waals surface area contributed by atoms with Crippen molar-refractivity contribution < 1.29 is 14.4 Å². The summed E-state index contributed by atoms with van der Waals surface area (Å²) in [5.74, 6) is 1.26. The van der Waals surface area contributed by atoms with Gasteiger partial charge < -0.3 is 5.32 Å². The average molecular weight is 468 g/mol. The molecule has 1 aliphatic heterocycles. The number of ketones is 1. The SMILES string of the molecule is CC(C)c1cccc2c1CCC(=O)C2.CC(C)c1cccc2c1CCC1(C2)NC(=O)NC1=O.[B][B]. The first-order valence-corrected chi connectivity index (χ1v) is 12.4. The standard InChI is InChI=1S/C15H18N2O2.C13H16O.B2/c1-9(2)11-5-3-4-10-8-15(7-6-12(10)11)13(18)16-14(19)17-15;1-9(2)12-5-3-4-10-8-11(14)6-7-13(10)12;1-2/h3-5,9H,6-8H2,1-2H3,(H2,16,17,18,19);3-5,9H,6-8H2,1-2H3;. The Morgan fingerprint density at radius 2 is 1.37 bits per heavy atom. The van der Waals surface area contributed by atoms with Gasteiger partial charge in [-0.05, 0) is 64.5 Å². The summed E-state index contributed by atoms with van der Waals surface area (Å²) in [5.41, 5.74) is 7.30. The first-order valence-electron chi connectivity index (χ1n) is 12.4. The lowest BCUT2D eigenvalue weighted by Gasteiger charge is -2.33. The molecule has 1 saturated heterocycles. The molecule has 2 aromatic carbocycles. The number of benzene rings is 2. The van der Waals surface area contributed by atoms with E-state index >= 15 is 0 Å². The molecular formula is C28H34B2N2O3. The second-order valence-corrected chi connectivity index (χ2v) is 10.2. The van der Waals surface area contributed by atoms with Crippen molar-refractivity contribution in [3.05, 3.63) is 69.8 Å². The van der Waals surface area contributed by atoms with Gasteiger partial charge in [0.1, 0.15) is 11.3 Å². The van der Waals surface area contributed by atoms with E-state index in [4.69, 9.17) is 0 Å². The van der Waals surface area contributed by atoms with E-state index in [1.807, 2.05) is 6.07 Å². The van der Waals surface area contributed by atoms with Gasteiger partial charge in [-0.25, -0.2) is 4.79 Å². The maximum absolute atomic E-state index is 12.0. The van der Waals surface area contributed by atoms with Gasteiger partial charge in [-0.3, -0.25) is 14.9 Å². The summed E-state index contributed by atoms with van der Waals surface area (Å²) in [5, 5.41) is 5.17. The molecular weight excluding hydrogens is 434 g/mol. The number of rotatable bonds is 2. The number of imide groups is 1. The lowest BCUT2D eigenvalue weighted by Crippen LogP contribution is -2.51. The summed E-state index contributed by atoms with van der Waals surface area (Å²) in [4.78, 5) is 34.7. The van der Waals surface area contributed by atoms with E-state index in [1.165, 1.54) is 33.4 Å². The van der Waals surface area contributed by atoms with Gasteiger partial charge in [-0.1, -0.05) is 64.1 Å². The number of amides is 3. The second-order valence-electron chi connectivity index (χ2n) is 10.2. The molecule has 7 heteroatoms. The van der Waals surface area contributed by atoms with Crippen LogP contribution in [0.15, 0.2) is 36.4 Å². The van der Waals surface area contributed by atoms with Gasteiger partial charge in [-0.15, -0.1) is 0 Å². The Morgan fingerprint density at radius 1 is 0.800 bits per heavy atom. The molecule has 1 heterocycles. The Balaban J connectivity index is 0.000000190. The van der Waals surface area contributed by atoms with Crippen LogP contribution in [0.1, 0.15) is 85.8 Å². The van der Waals surface area contributed by atoms with Crippen LogP contribution in [-0.2, 0) is 35.3 Å². The van der Waals surface area contributed by atoms with Gasteiger partial charge in [0.15, 0.2) is 0 Å². The lowest BCUT2D eigenvalue weighted by atomic mass is 9.75. The molecule has 2 N–H and O–H groups in total. The van der Waals surface area contributed by atoms with Gasteiger partial charge in [0.2, 0.25) is 0 Å². The van der Waals surface area contributed by atoms with Crippen molar-refractivity contribution in [2.75, 3.05) is 0 Å². The third-order valence-electron chi connectivity index (χ3n) is 7.21. The maximum atomic E-state index is 12.0. The van der Waals surface area contributed by atoms with Crippen LogP contribution in [0.4, 0.5) is 4.79 Å². The number of Topliss-reactive ketones (excluding diaryl/α,β-unsaturated/α-hetero) is 1. The van der Waals surface area contributed by atoms with Crippen molar-refractivity contribution in [1.82, 2.24) is 10.6 Å². The van der Waals surface area contributed by atoms with Crippen LogP contribution in [0, 0.1) is 0 Å². The van der Waals surface area contributed by atoms with Crippen LogP contribution in [0.3, 0.4) is 0 Å². The van der Waals surface area contributed by atoms with Crippen LogP contribution in [-0.4, -0.2) is 38.7 Å². The molecule has 5 nitrogen and oxygen atoms in total. The highest BCUT2D eigenvalue weighted by atomic mass is 16.2. The normalized spacial score (nSPS) is 20.2. The zero-order chi connectivity index (χ0) is 25.8. The molecule has 0 saturated carbocycles. The van der Waals surface area contributed by atoms with E-state index in [-0.39, 0.29) is 11.9 Å². The zero-order valence-corrected chi connectivity index (χ0v) is 21.2. The maximum Gasteiger partial charge on any atom is 0.322 e. The minimum Gasteiger partial charge on any atom is -0.323 e. The molecule has 5 rings (SSSR count). The molecule has 1 unspecified atom stereocenters. The van der Waals surface area contributed by atoms with Crippen LogP contribution < -0.4 is 10.6 Å². The largest absolute Gasteiger partial charge is 0.323 e. The van der Waals surface area contributed by atoms with Crippen LogP contribution in [0.25, 0.3) is 0 Å². The summed E-state index contributed by atoms with van der Waals surface area (Å²) >= 11 is 0. The number of urea groups is 1. The highest BCUT2D eigenvalue weighted by Crippen LogP contribution is 2.35.